The van der Waals surface area contributed by atoms with Gasteiger partial charge in [-0.15, -0.1) is 11.8 Å². The Kier molecular flexibility index (Phi) is 4.40. The molecule has 0 aliphatic rings. The number of nitrogens with zero attached hydrogens (tertiary/aromatic N) is 1. The fourth-order valence-corrected chi connectivity index (χ4v) is 2.51. The molecule has 2 nitrogen and oxygen atoms in total. The highest BCUT2D eigenvalue weighted by Crippen LogP contribution is 2.24. The van der Waals surface area contributed by atoms with Crippen LogP contribution < -0.4 is 0 Å². The molecular weight excluding hydrogens is 242 g/mol. The monoisotopic (exact) mass is 255 g/mol. The second-order valence-corrected chi connectivity index (χ2v) is 4.91. The highest BCUT2D eigenvalue weighted by molar-refractivity contribution is 7.98. The second kappa shape index (κ2) is 6.25. The molecule has 0 fully saturated rings. The topological polar surface area (TPSA) is 44.0 Å². The molecule has 0 saturated heterocycles. The fraction of sp³-hybridized carbons (Fsp3) is 0.133. The van der Waals surface area contributed by atoms with Crippen molar-refractivity contribution in [1.82, 2.24) is 0 Å². The number of hydrogen-bond donors (Lipinski definition) is 1. The largest absolute Gasteiger partial charge is 0.392 e. The first-order chi connectivity index (χ1) is 8.83. The Bertz CT molecular complexity index is 557. The van der Waals surface area contributed by atoms with Crippen LogP contribution in [0.5, 0.6) is 0 Å². The lowest BCUT2D eigenvalue weighted by Gasteiger charge is -2.04. The van der Waals surface area contributed by atoms with E-state index >= 15 is 0 Å². The Morgan fingerprint density at radius 1 is 1.06 bits per heavy atom. The van der Waals surface area contributed by atoms with Crippen molar-refractivity contribution in [1.29, 1.82) is 5.26 Å². The molecule has 1 N–H and O–H groups in total. The van der Waals surface area contributed by atoms with E-state index < -0.39 is 0 Å². The first-order valence-electron chi connectivity index (χ1n) is 5.64. The lowest BCUT2D eigenvalue weighted by atomic mass is 10.1. The Morgan fingerprint density at radius 2 is 1.78 bits per heavy atom. The van der Waals surface area contributed by atoms with Crippen LogP contribution in [-0.2, 0) is 12.4 Å². The average Bonchev–Trinajstić information content (AvgIpc) is 2.46. The predicted molar refractivity (Wildman–Crippen MR) is 73.1 cm³/mol. The van der Waals surface area contributed by atoms with Gasteiger partial charge in [-0.25, -0.2) is 0 Å². The van der Waals surface area contributed by atoms with Crippen molar-refractivity contribution in [2.24, 2.45) is 0 Å². The SMILES string of the molecule is N#Cc1ccccc1CSc1ccc(CO)cc1. The van der Waals surface area contributed by atoms with Gasteiger partial charge >= 0.3 is 0 Å². The van der Waals surface area contributed by atoms with Crippen LogP contribution in [0.4, 0.5) is 0 Å². The maximum Gasteiger partial charge on any atom is 0.0994 e. The molecule has 0 heterocycles. The third-order valence-corrected chi connectivity index (χ3v) is 3.70. The van der Waals surface area contributed by atoms with Gasteiger partial charge in [-0.3, -0.25) is 0 Å². The standard InChI is InChI=1S/C15H13NOS/c16-9-13-3-1-2-4-14(13)11-18-15-7-5-12(10-17)6-8-15/h1-8,17H,10-11H2. The third kappa shape index (κ3) is 3.13. The van der Waals surface area contributed by atoms with Crippen molar-refractivity contribution in [3.63, 3.8) is 0 Å². The summed E-state index contributed by atoms with van der Waals surface area (Å²) in [7, 11) is 0. The van der Waals surface area contributed by atoms with Gasteiger partial charge < -0.3 is 5.11 Å². The summed E-state index contributed by atoms with van der Waals surface area (Å²) in [6.45, 7) is 0.0716. The quantitative estimate of drug-likeness (QED) is 0.852. The van der Waals surface area contributed by atoms with Crippen LogP contribution >= 0.6 is 11.8 Å². The minimum Gasteiger partial charge on any atom is -0.392 e. The van der Waals surface area contributed by atoms with Gasteiger partial charge in [0.15, 0.2) is 0 Å². The molecule has 0 atom stereocenters. The summed E-state index contributed by atoms with van der Waals surface area (Å²) < 4.78 is 0. The second-order valence-electron chi connectivity index (χ2n) is 3.86. The molecule has 0 aliphatic carbocycles. The molecule has 0 saturated carbocycles. The lowest BCUT2D eigenvalue weighted by molar-refractivity contribution is 0.282. The Morgan fingerprint density at radius 3 is 2.44 bits per heavy atom. The zero-order valence-electron chi connectivity index (χ0n) is 9.84. The van der Waals surface area contributed by atoms with E-state index in [4.69, 9.17) is 10.4 Å². The minimum atomic E-state index is 0.0716. The van der Waals surface area contributed by atoms with E-state index in [9.17, 15) is 0 Å². The van der Waals surface area contributed by atoms with E-state index in [0.717, 1.165) is 27.3 Å². The van der Waals surface area contributed by atoms with Gasteiger partial charge in [-0.2, -0.15) is 5.26 Å². The van der Waals surface area contributed by atoms with Gasteiger partial charge in [0.25, 0.3) is 0 Å². The van der Waals surface area contributed by atoms with Gasteiger partial charge in [0.1, 0.15) is 0 Å². The van der Waals surface area contributed by atoms with E-state index in [-0.39, 0.29) is 6.61 Å². The highest BCUT2D eigenvalue weighted by Gasteiger charge is 2.02. The molecule has 90 valence electrons. The summed E-state index contributed by atoms with van der Waals surface area (Å²) in [4.78, 5) is 1.14. The maximum absolute atomic E-state index is 9.00. The summed E-state index contributed by atoms with van der Waals surface area (Å²) in [5.41, 5.74) is 2.70. The molecule has 3 heteroatoms. The van der Waals surface area contributed by atoms with Crippen molar-refractivity contribution < 1.29 is 5.11 Å². The van der Waals surface area contributed by atoms with Gasteiger partial charge in [-0.05, 0) is 29.3 Å². The number of nitriles is 1. The molecule has 0 aliphatic heterocycles. The molecule has 2 rings (SSSR count). The molecule has 0 amide bonds. The number of hydrogen-bond acceptors (Lipinski definition) is 3. The van der Waals surface area contributed by atoms with Crippen LogP contribution in [0.15, 0.2) is 53.4 Å². The zero-order valence-corrected chi connectivity index (χ0v) is 10.7. The van der Waals surface area contributed by atoms with Gasteiger partial charge in [0.05, 0.1) is 18.2 Å². The Balaban J connectivity index is 2.05. The van der Waals surface area contributed by atoms with Gasteiger partial charge in [0.2, 0.25) is 0 Å². The number of thioether (sulfide) groups is 1. The van der Waals surface area contributed by atoms with E-state index in [2.05, 4.69) is 6.07 Å². The van der Waals surface area contributed by atoms with E-state index in [1.165, 1.54) is 0 Å². The van der Waals surface area contributed by atoms with Crippen LogP contribution in [0.25, 0.3) is 0 Å². The third-order valence-electron chi connectivity index (χ3n) is 2.64. The van der Waals surface area contributed by atoms with Crippen LogP contribution in [0.3, 0.4) is 0 Å². The summed E-state index contributed by atoms with van der Waals surface area (Å²) in [6.07, 6.45) is 0. The normalized spacial score (nSPS) is 10.0. The molecule has 2 aromatic rings. The van der Waals surface area contributed by atoms with Crippen LogP contribution in [0.1, 0.15) is 16.7 Å². The molecule has 0 bridgehead atoms. The van der Waals surface area contributed by atoms with Crippen LogP contribution in [0.2, 0.25) is 0 Å². The first kappa shape index (κ1) is 12.7. The summed E-state index contributed by atoms with van der Waals surface area (Å²) in [5.74, 6) is 0.780. The summed E-state index contributed by atoms with van der Waals surface area (Å²) in [6, 6.07) is 17.7. The molecule has 0 radical (unpaired) electrons. The first-order valence-corrected chi connectivity index (χ1v) is 6.62. The predicted octanol–water partition coefficient (Wildman–Crippen LogP) is 3.34. The number of aliphatic hydroxyl groups excluding tert-OH is 1. The Hall–Kier alpha value is -1.76. The Labute approximate surface area is 111 Å². The molecule has 0 spiro atoms. The molecular formula is C15H13NOS. The minimum absolute atomic E-state index is 0.0716. The maximum atomic E-state index is 9.00. The number of aliphatic hydroxyl groups is 1. The molecule has 18 heavy (non-hydrogen) atoms. The van der Waals surface area contributed by atoms with Crippen LogP contribution in [-0.4, -0.2) is 5.11 Å². The number of benzene rings is 2. The lowest BCUT2D eigenvalue weighted by Crippen LogP contribution is -1.87. The van der Waals surface area contributed by atoms with Crippen molar-refractivity contribution in [2.45, 2.75) is 17.3 Å². The van der Waals surface area contributed by atoms with E-state index in [0.29, 0.717) is 0 Å². The number of rotatable bonds is 4. The van der Waals surface area contributed by atoms with Crippen molar-refractivity contribution in [2.75, 3.05) is 0 Å². The molecule has 0 aromatic heterocycles. The average molecular weight is 255 g/mol. The van der Waals surface area contributed by atoms with Crippen LogP contribution in [0, 0.1) is 11.3 Å². The van der Waals surface area contributed by atoms with E-state index in [1.807, 2.05) is 48.5 Å². The van der Waals surface area contributed by atoms with Crippen molar-refractivity contribution >= 4 is 11.8 Å². The zero-order chi connectivity index (χ0) is 12.8. The van der Waals surface area contributed by atoms with E-state index in [1.54, 1.807) is 11.8 Å². The van der Waals surface area contributed by atoms with Gasteiger partial charge in [-0.1, -0.05) is 30.3 Å². The highest BCUT2D eigenvalue weighted by atomic mass is 32.2. The van der Waals surface area contributed by atoms with Crippen molar-refractivity contribution in [3.05, 3.63) is 65.2 Å². The summed E-state index contributed by atoms with van der Waals surface area (Å²) in [5, 5.41) is 18.0. The molecule has 2 aromatic carbocycles. The summed E-state index contributed by atoms with van der Waals surface area (Å²) >= 11 is 1.69. The van der Waals surface area contributed by atoms with Crippen molar-refractivity contribution in [3.8, 4) is 6.07 Å². The van der Waals surface area contributed by atoms with Gasteiger partial charge in [0, 0.05) is 10.6 Å². The smallest absolute Gasteiger partial charge is 0.0994 e. The fourth-order valence-electron chi connectivity index (χ4n) is 1.61. The molecule has 0 unspecified atom stereocenters.